The Labute approximate surface area is 102 Å². The van der Waals surface area contributed by atoms with Gasteiger partial charge in [-0.05, 0) is 34.2 Å². The quantitative estimate of drug-likeness (QED) is 0.818. The lowest BCUT2D eigenvalue weighted by Gasteiger charge is -2.25. The van der Waals surface area contributed by atoms with Gasteiger partial charge in [0.1, 0.15) is 11.8 Å². The van der Waals surface area contributed by atoms with Crippen molar-refractivity contribution in [1.29, 1.82) is 0 Å². The maximum absolute atomic E-state index is 12.0. The molecule has 0 spiro atoms. The number of likely N-dealkylation sites (N-methyl/N-ethyl adjacent to an activating group) is 1. The molecule has 1 aromatic rings. The maximum atomic E-state index is 12.0. The van der Waals surface area contributed by atoms with Crippen LogP contribution in [-0.4, -0.2) is 23.0 Å². The second-order valence-electron chi connectivity index (χ2n) is 4.66. The van der Waals surface area contributed by atoms with E-state index in [0.717, 1.165) is 12.3 Å². The minimum absolute atomic E-state index is 0.0669. The van der Waals surface area contributed by atoms with Crippen molar-refractivity contribution in [2.75, 3.05) is 6.54 Å². The van der Waals surface area contributed by atoms with Crippen LogP contribution in [0.25, 0.3) is 0 Å². The Morgan fingerprint density at radius 3 is 2.71 bits per heavy atom. The first kappa shape index (κ1) is 13.7. The summed E-state index contributed by atoms with van der Waals surface area (Å²) in [6.07, 6.45) is 1.65. The van der Waals surface area contributed by atoms with E-state index >= 15 is 0 Å². The SMILES string of the molecule is CCNC(C)(C)C(=O)NC(C)c1ncc(C)o1. The lowest BCUT2D eigenvalue weighted by molar-refractivity contribution is -0.127. The van der Waals surface area contributed by atoms with Gasteiger partial charge in [0, 0.05) is 0 Å². The molecule has 1 aromatic heterocycles. The molecule has 0 aliphatic rings. The Hall–Kier alpha value is -1.36. The highest BCUT2D eigenvalue weighted by atomic mass is 16.4. The number of aryl methyl sites for hydroxylation is 1. The average Bonchev–Trinajstić information content (AvgIpc) is 2.64. The van der Waals surface area contributed by atoms with Crippen LogP contribution in [0, 0.1) is 6.92 Å². The highest BCUT2D eigenvalue weighted by Gasteiger charge is 2.28. The van der Waals surface area contributed by atoms with Crippen LogP contribution in [0.2, 0.25) is 0 Å². The Morgan fingerprint density at radius 2 is 2.24 bits per heavy atom. The summed E-state index contributed by atoms with van der Waals surface area (Å²) < 4.78 is 5.37. The molecule has 5 nitrogen and oxygen atoms in total. The number of oxazole rings is 1. The molecular weight excluding hydrogens is 218 g/mol. The molecule has 1 unspecified atom stereocenters. The molecule has 1 atom stereocenters. The van der Waals surface area contributed by atoms with E-state index in [2.05, 4.69) is 15.6 Å². The first-order chi connectivity index (χ1) is 7.86. The fraction of sp³-hybridized carbons (Fsp3) is 0.667. The number of nitrogens with zero attached hydrogens (tertiary/aromatic N) is 1. The van der Waals surface area contributed by atoms with Crippen LogP contribution in [-0.2, 0) is 4.79 Å². The number of rotatable bonds is 5. The second kappa shape index (κ2) is 5.31. The second-order valence-corrected chi connectivity index (χ2v) is 4.66. The van der Waals surface area contributed by atoms with Crippen molar-refractivity contribution in [1.82, 2.24) is 15.6 Å². The number of carbonyl (C=O) groups excluding carboxylic acids is 1. The molecule has 96 valence electrons. The van der Waals surface area contributed by atoms with Gasteiger partial charge in [-0.2, -0.15) is 0 Å². The summed E-state index contributed by atoms with van der Waals surface area (Å²) in [5.41, 5.74) is -0.593. The van der Waals surface area contributed by atoms with E-state index in [-0.39, 0.29) is 11.9 Å². The molecule has 0 aromatic carbocycles. The minimum Gasteiger partial charge on any atom is -0.444 e. The van der Waals surface area contributed by atoms with E-state index in [1.54, 1.807) is 6.20 Å². The van der Waals surface area contributed by atoms with Gasteiger partial charge in [-0.15, -0.1) is 0 Å². The topological polar surface area (TPSA) is 67.2 Å². The highest BCUT2D eigenvalue weighted by Crippen LogP contribution is 2.13. The number of hydrogen-bond acceptors (Lipinski definition) is 4. The number of hydrogen-bond donors (Lipinski definition) is 2. The molecule has 5 heteroatoms. The average molecular weight is 239 g/mol. The van der Waals surface area contributed by atoms with Crippen molar-refractivity contribution < 1.29 is 9.21 Å². The van der Waals surface area contributed by atoms with Gasteiger partial charge in [-0.3, -0.25) is 4.79 Å². The third kappa shape index (κ3) is 3.56. The van der Waals surface area contributed by atoms with E-state index < -0.39 is 5.54 Å². The van der Waals surface area contributed by atoms with Gasteiger partial charge in [-0.1, -0.05) is 6.92 Å². The molecule has 17 heavy (non-hydrogen) atoms. The van der Waals surface area contributed by atoms with Crippen molar-refractivity contribution in [2.24, 2.45) is 0 Å². The van der Waals surface area contributed by atoms with Crippen LogP contribution >= 0.6 is 0 Å². The zero-order valence-corrected chi connectivity index (χ0v) is 11.1. The zero-order valence-electron chi connectivity index (χ0n) is 11.1. The van der Waals surface area contributed by atoms with E-state index in [0.29, 0.717) is 5.89 Å². The Bertz CT molecular complexity index is 385. The van der Waals surface area contributed by atoms with Crippen molar-refractivity contribution in [3.63, 3.8) is 0 Å². The van der Waals surface area contributed by atoms with Gasteiger partial charge in [0.05, 0.1) is 11.7 Å². The summed E-state index contributed by atoms with van der Waals surface area (Å²) in [6, 6.07) is -0.228. The van der Waals surface area contributed by atoms with Gasteiger partial charge in [0.2, 0.25) is 11.8 Å². The molecular formula is C12H21N3O2. The molecule has 1 heterocycles. The smallest absolute Gasteiger partial charge is 0.240 e. The third-order valence-corrected chi connectivity index (χ3v) is 2.54. The van der Waals surface area contributed by atoms with Crippen LogP contribution in [0.1, 0.15) is 45.4 Å². The lowest BCUT2D eigenvalue weighted by atomic mass is 10.0. The molecule has 0 radical (unpaired) electrons. The molecule has 1 amide bonds. The molecule has 0 aliphatic heterocycles. The standard InChI is InChI=1S/C12H21N3O2/c1-6-14-12(4,5)11(16)15-9(3)10-13-7-8(2)17-10/h7,9,14H,6H2,1-5H3,(H,15,16). The lowest BCUT2D eigenvalue weighted by Crippen LogP contribution is -2.53. The van der Waals surface area contributed by atoms with Gasteiger partial charge in [0.15, 0.2) is 0 Å². The molecule has 1 rings (SSSR count). The predicted octanol–water partition coefficient (Wildman–Crippen LogP) is 1.55. The zero-order chi connectivity index (χ0) is 13.1. The summed E-state index contributed by atoms with van der Waals surface area (Å²) in [4.78, 5) is 16.1. The van der Waals surface area contributed by atoms with Gasteiger partial charge in [-0.25, -0.2) is 4.98 Å². The first-order valence-corrected chi connectivity index (χ1v) is 5.85. The number of amides is 1. The van der Waals surface area contributed by atoms with Gasteiger partial charge < -0.3 is 15.1 Å². The summed E-state index contributed by atoms with van der Waals surface area (Å²) in [5, 5.41) is 6.00. The van der Waals surface area contributed by atoms with E-state index in [9.17, 15) is 4.79 Å². The largest absolute Gasteiger partial charge is 0.444 e. The molecule has 0 saturated carbocycles. The van der Waals surface area contributed by atoms with Crippen molar-refractivity contribution >= 4 is 5.91 Å². The molecule has 0 aliphatic carbocycles. The Morgan fingerprint density at radius 1 is 1.59 bits per heavy atom. The fourth-order valence-corrected chi connectivity index (χ4v) is 1.53. The van der Waals surface area contributed by atoms with Crippen molar-refractivity contribution in [3.05, 3.63) is 17.8 Å². The monoisotopic (exact) mass is 239 g/mol. The third-order valence-electron chi connectivity index (χ3n) is 2.54. The Kier molecular flexibility index (Phi) is 4.28. The summed E-state index contributed by atoms with van der Waals surface area (Å²) in [5.74, 6) is 1.21. The minimum atomic E-state index is -0.593. The van der Waals surface area contributed by atoms with Crippen molar-refractivity contribution in [3.8, 4) is 0 Å². The molecule has 0 saturated heterocycles. The first-order valence-electron chi connectivity index (χ1n) is 5.85. The van der Waals surface area contributed by atoms with Crippen molar-refractivity contribution in [2.45, 2.75) is 46.2 Å². The molecule has 0 bridgehead atoms. The normalized spacial score (nSPS) is 13.5. The van der Waals surface area contributed by atoms with Gasteiger partial charge >= 0.3 is 0 Å². The Balaban J connectivity index is 2.63. The van der Waals surface area contributed by atoms with E-state index in [4.69, 9.17) is 4.42 Å². The maximum Gasteiger partial charge on any atom is 0.240 e. The van der Waals surface area contributed by atoms with Crippen LogP contribution in [0.15, 0.2) is 10.6 Å². The van der Waals surface area contributed by atoms with Gasteiger partial charge in [0.25, 0.3) is 0 Å². The summed E-state index contributed by atoms with van der Waals surface area (Å²) >= 11 is 0. The number of carbonyl (C=O) groups is 1. The van der Waals surface area contributed by atoms with Crippen LogP contribution < -0.4 is 10.6 Å². The number of aromatic nitrogens is 1. The summed E-state index contributed by atoms with van der Waals surface area (Å²) in [6.45, 7) is 10.1. The van der Waals surface area contributed by atoms with E-state index in [1.807, 2.05) is 34.6 Å². The molecule has 0 fully saturated rings. The summed E-state index contributed by atoms with van der Waals surface area (Å²) in [7, 11) is 0. The van der Waals surface area contributed by atoms with Crippen LogP contribution in [0.5, 0.6) is 0 Å². The van der Waals surface area contributed by atoms with E-state index in [1.165, 1.54) is 0 Å². The fourth-order valence-electron chi connectivity index (χ4n) is 1.53. The number of nitrogens with one attached hydrogen (secondary N) is 2. The van der Waals surface area contributed by atoms with Crippen LogP contribution in [0.3, 0.4) is 0 Å². The highest BCUT2D eigenvalue weighted by molar-refractivity contribution is 5.85. The predicted molar refractivity (Wildman–Crippen MR) is 65.6 cm³/mol. The van der Waals surface area contributed by atoms with Crippen LogP contribution in [0.4, 0.5) is 0 Å². The molecule has 2 N–H and O–H groups in total.